The number of benzene rings is 1. The number of aryl methyl sites for hydroxylation is 1. The van der Waals surface area contributed by atoms with Crippen LogP contribution in [-0.4, -0.2) is 17.6 Å². The predicted molar refractivity (Wildman–Crippen MR) is 77.4 cm³/mol. The van der Waals surface area contributed by atoms with E-state index in [4.69, 9.17) is 4.74 Å². The minimum absolute atomic E-state index is 0. The van der Waals surface area contributed by atoms with Gasteiger partial charge in [-0.25, -0.2) is 4.79 Å². The minimum atomic E-state index is -0.212. The summed E-state index contributed by atoms with van der Waals surface area (Å²) in [5, 5.41) is 2.38. The van der Waals surface area contributed by atoms with Gasteiger partial charge in [0.05, 0.1) is 6.61 Å². The van der Waals surface area contributed by atoms with Crippen molar-refractivity contribution in [1.29, 1.82) is 0 Å². The number of halogens is 1. The van der Waals surface area contributed by atoms with Crippen molar-refractivity contribution in [2.24, 2.45) is 0 Å². The number of pyridine rings is 1. The quantitative estimate of drug-likeness (QED) is 0.511. The molecule has 5 heteroatoms. The van der Waals surface area contributed by atoms with Crippen LogP contribution in [0.4, 0.5) is 0 Å². The van der Waals surface area contributed by atoms with Crippen LogP contribution in [-0.2, 0) is 16.1 Å². The number of nitrogens with zero attached hydrogens (tertiary/aromatic N) is 1. The van der Waals surface area contributed by atoms with E-state index in [0.717, 1.165) is 16.7 Å². The third kappa shape index (κ3) is 2.78. The molecule has 3 aromatic rings. The molecule has 2 aromatic heterocycles. The first-order chi connectivity index (χ1) is 9.70. The highest BCUT2D eigenvalue weighted by Gasteiger charge is 2.18. The summed E-state index contributed by atoms with van der Waals surface area (Å²) in [7, 11) is 0. The van der Waals surface area contributed by atoms with E-state index in [2.05, 4.69) is 17.1 Å². The van der Waals surface area contributed by atoms with Crippen LogP contribution in [0.15, 0.2) is 36.5 Å². The van der Waals surface area contributed by atoms with E-state index in [1.54, 1.807) is 0 Å². The summed E-state index contributed by atoms with van der Waals surface area (Å²) in [4.78, 5) is 15.0. The highest BCUT2D eigenvalue weighted by Crippen LogP contribution is 2.25. The minimum Gasteiger partial charge on any atom is -1.00 e. The second-order valence-electron chi connectivity index (χ2n) is 4.79. The van der Waals surface area contributed by atoms with Crippen molar-refractivity contribution in [3.05, 3.63) is 42.2 Å². The van der Waals surface area contributed by atoms with Crippen LogP contribution in [0.2, 0.25) is 0 Å². The van der Waals surface area contributed by atoms with Crippen molar-refractivity contribution in [3.8, 4) is 0 Å². The highest BCUT2D eigenvalue weighted by atomic mass is 79.9. The number of fused-ring (bicyclic) bond motifs is 3. The molecule has 0 bridgehead atoms. The second-order valence-corrected chi connectivity index (χ2v) is 4.79. The van der Waals surface area contributed by atoms with Gasteiger partial charge in [0.15, 0.2) is 6.20 Å². The number of hydrogen-bond donors (Lipinski definition) is 1. The maximum atomic E-state index is 11.6. The number of esters is 1. The van der Waals surface area contributed by atoms with E-state index in [-0.39, 0.29) is 29.5 Å². The largest absolute Gasteiger partial charge is 1.00 e. The monoisotopic (exact) mass is 348 g/mol. The molecule has 1 aromatic carbocycles. The fraction of sp³-hybridized carbons (Fsp3) is 0.250. The molecule has 2 heterocycles. The Hall–Kier alpha value is -1.88. The van der Waals surface area contributed by atoms with Crippen molar-refractivity contribution >= 4 is 27.8 Å². The fourth-order valence-electron chi connectivity index (χ4n) is 2.56. The fourth-order valence-corrected chi connectivity index (χ4v) is 2.56. The van der Waals surface area contributed by atoms with Gasteiger partial charge in [-0.05, 0) is 13.0 Å². The zero-order valence-electron chi connectivity index (χ0n) is 12.0. The molecule has 110 valence electrons. The van der Waals surface area contributed by atoms with E-state index < -0.39 is 0 Å². The third-order valence-electron chi connectivity index (χ3n) is 3.56. The summed E-state index contributed by atoms with van der Waals surface area (Å²) in [6, 6.07) is 10.2. The van der Waals surface area contributed by atoms with Crippen LogP contribution in [0.3, 0.4) is 0 Å². The number of carbonyl (C=O) groups excluding carboxylic acids is 1. The Labute approximate surface area is 133 Å². The summed E-state index contributed by atoms with van der Waals surface area (Å²) in [5.41, 5.74) is 3.21. The summed E-state index contributed by atoms with van der Waals surface area (Å²) in [6.07, 6.45) is 1.94. The average molecular weight is 349 g/mol. The Bertz CT molecular complexity index is 795. The number of aromatic nitrogens is 2. The van der Waals surface area contributed by atoms with Gasteiger partial charge in [0.25, 0.3) is 0 Å². The SMILES string of the molecule is CCOC(=O)C[n+]1ccc2c([nH]c3ccccc32)c1C.[Br-]. The van der Waals surface area contributed by atoms with E-state index in [9.17, 15) is 4.79 Å². The number of carbonyl (C=O) groups is 1. The molecule has 0 aliphatic heterocycles. The van der Waals surface area contributed by atoms with Gasteiger partial charge in [0.1, 0.15) is 5.52 Å². The van der Waals surface area contributed by atoms with Crippen molar-refractivity contribution < 1.29 is 31.1 Å². The topological polar surface area (TPSA) is 46.0 Å². The van der Waals surface area contributed by atoms with Crippen LogP contribution in [0.25, 0.3) is 21.8 Å². The number of nitrogens with one attached hydrogen (secondary N) is 1. The van der Waals surface area contributed by atoms with Crippen LogP contribution in [0.1, 0.15) is 12.6 Å². The van der Waals surface area contributed by atoms with Gasteiger partial charge >= 0.3 is 5.97 Å². The lowest BCUT2D eigenvalue weighted by Crippen LogP contribution is -3.00. The molecule has 0 unspecified atom stereocenters. The molecule has 0 fully saturated rings. The second kappa shape index (κ2) is 6.26. The molecule has 0 aliphatic carbocycles. The Morgan fingerprint density at radius 3 is 2.76 bits per heavy atom. The Kier molecular flexibility index (Phi) is 4.63. The van der Waals surface area contributed by atoms with Gasteiger partial charge < -0.3 is 26.7 Å². The Morgan fingerprint density at radius 1 is 1.24 bits per heavy atom. The molecule has 0 atom stereocenters. The van der Waals surface area contributed by atoms with Gasteiger partial charge in [-0.2, -0.15) is 4.57 Å². The van der Waals surface area contributed by atoms with Gasteiger partial charge in [0.2, 0.25) is 12.2 Å². The first-order valence-electron chi connectivity index (χ1n) is 6.75. The van der Waals surface area contributed by atoms with Crippen molar-refractivity contribution in [2.45, 2.75) is 20.4 Å². The molecular weight excluding hydrogens is 332 g/mol. The molecule has 21 heavy (non-hydrogen) atoms. The van der Waals surface area contributed by atoms with E-state index in [1.807, 2.05) is 42.8 Å². The van der Waals surface area contributed by atoms with E-state index in [0.29, 0.717) is 6.61 Å². The first kappa shape index (κ1) is 15.5. The lowest BCUT2D eigenvalue weighted by Gasteiger charge is -2.01. The summed E-state index contributed by atoms with van der Waals surface area (Å²) >= 11 is 0. The smallest absolute Gasteiger partial charge is 0.372 e. The zero-order valence-corrected chi connectivity index (χ0v) is 13.6. The summed E-state index contributed by atoms with van der Waals surface area (Å²) in [6.45, 7) is 4.48. The Balaban J connectivity index is 0.00000161. The average Bonchev–Trinajstić information content (AvgIpc) is 2.82. The van der Waals surface area contributed by atoms with Crippen LogP contribution in [0.5, 0.6) is 0 Å². The van der Waals surface area contributed by atoms with Crippen molar-refractivity contribution in [1.82, 2.24) is 4.98 Å². The molecule has 1 N–H and O–H groups in total. The standard InChI is InChI=1S/C16H16N2O2.BrH/c1-3-20-15(19)10-18-9-8-13-12-6-4-5-7-14(12)17-16(13)11(18)2;/h4-9H,3,10H2,1-2H3;1H. The number of hydrogen-bond acceptors (Lipinski definition) is 2. The molecule has 0 saturated heterocycles. The lowest BCUT2D eigenvalue weighted by atomic mass is 10.1. The third-order valence-corrected chi connectivity index (χ3v) is 3.56. The van der Waals surface area contributed by atoms with Gasteiger partial charge in [-0.3, -0.25) is 0 Å². The molecule has 0 spiro atoms. The summed E-state index contributed by atoms with van der Waals surface area (Å²) < 4.78 is 6.91. The number of rotatable bonds is 3. The molecule has 0 radical (unpaired) electrons. The maximum absolute atomic E-state index is 11.6. The molecule has 0 amide bonds. The van der Waals surface area contributed by atoms with Gasteiger partial charge in [-0.15, -0.1) is 0 Å². The number of ether oxygens (including phenoxy) is 1. The summed E-state index contributed by atoms with van der Waals surface area (Å²) in [5.74, 6) is -0.212. The van der Waals surface area contributed by atoms with Crippen LogP contribution in [0, 0.1) is 6.92 Å². The molecule has 0 aliphatic rings. The Morgan fingerprint density at radius 2 is 2.00 bits per heavy atom. The highest BCUT2D eigenvalue weighted by molar-refractivity contribution is 6.07. The normalized spacial score (nSPS) is 10.6. The van der Waals surface area contributed by atoms with Crippen LogP contribution < -0.4 is 21.5 Å². The predicted octanol–water partition coefficient (Wildman–Crippen LogP) is -0.516. The molecule has 4 nitrogen and oxygen atoms in total. The first-order valence-corrected chi connectivity index (χ1v) is 6.75. The number of aromatic amines is 1. The molecular formula is C16H17BrN2O2. The van der Waals surface area contributed by atoms with E-state index >= 15 is 0 Å². The van der Waals surface area contributed by atoms with Crippen LogP contribution >= 0.6 is 0 Å². The lowest BCUT2D eigenvalue weighted by molar-refractivity contribution is -0.690. The zero-order chi connectivity index (χ0) is 14.1. The number of para-hydroxylation sites is 1. The molecule has 3 rings (SSSR count). The van der Waals surface area contributed by atoms with Crippen molar-refractivity contribution in [2.75, 3.05) is 6.61 Å². The van der Waals surface area contributed by atoms with E-state index in [1.165, 1.54) is 10.8 Å². The molecule has 0 saturated carbocycles. The van der Waals surface area contributed by atoms with Gasteiger partial charge in [0, 0.05) is 29.3 Å². The van der Waals surface area contributed by atoms with Gasteiger partial charge in [-0.1, -0.05) is 18.2 Å². The number of H-pyrrole nitrogens is 1. The maximum Gasteiger partial charge on any atom is 0.372 e. The van der Waals surface area contributed by atoms with Crippen molar-refractivity contribution in [3.63, 3.8) is 0 Å².